The van der Waals surface area contributed by atoms with Crippen molar-refractivity contribution in [2.24, 2.45) is 0 Å². The van der Waals surface area contributed by atoms with Gasteiger partial charge < -0.3 is 9.47 Å². The number of morpholine rings is 2. The molecular formula is C15H29N2O2. The second-order valence-corrected chi connectivity index (χ2v) is 5.54. The third-order valence-electron chi connectivity index (χ3n) is 4.21. The van der Waals surface area contributed by atoms with E-state index < -0.39 is 0 Å². The molecule has 2 fully saturated rings. The van der Waals surface area contributed by atoms with E-state index in [1.807, 2.05) is 0 Å². The molecular weight excluding hydrogens is 240 g/mol. The zero-order valence-corrected chi connectivity index (χ0v) is 12.2. The van der Waals surface area contributed by atoms with E-state index in [0.717, 1.165) is 59.0 Å². The SMILES string of the molecule is [CH2]CCC(CCCN1CCOCC1)N1CCOCC1. The highest BCUT2D eigenvalue weighted by atomic mass is 16.5. The third kappa shape index (κ3) is 5.38. The minimum Gasteiger partial charge on any atom is -0.379 e. The first kappa shape index (κ1) is 15.2. The Morgan fingerprint density at radius 2 is 1.53 bits per heavy atom. The molecule has 2 aliphatic rings. The van der Waals surface area contributed by atoms with Gasteiger partial charge in [0.15, 0.2) is 0 Å². The van der Waals surface area contributed by atoms with Crippen molar-refractivity contribution in [3.05, 3.63) is 6.92 Å². The van der Waals surface area contributed by atoms with Crippen LogP contribution in [0, 0.1) is 6.92 Å². The molecule has 1 atom stereocenters. The topological polar surface area (TPSA) is 24.9 Å². The molecule has 0 bridgehead atoms. The standard InChI is InChI=1S/C15H29N2O2/c1-2-4-15(17-9-13-19-14-10-17)5-3-6-16-7-11-18-12-8-16/h15H,1-14H2. The quantitative estimate of drug-likeness (QED) is 0.698. The minimum absolute atomic E-state index is 0.711. The fraction of sp³-hybridized carbons (Fsp3) is 0.933. The van der Waals surface area contributed by atoms with Crippen molar-refractivity contribution < 1.29 is 9.47 Å². The third-order valence-corrected chi connectivity index (χ3v) is 4.21. The summed E-state index contributed by atoms with van der Waals surface area (Å²) < 4.78 is 10.8. The number of nitrogens with zero attached hydrogens (tertiary/aromatic N) is 2. The summed E-state index contributed by atoms with van der Waals surface area (Å²) in [7, 11) is 0. The molecule has 0 amide bonds. The predicted octanol–water partition coefficient (Wildman–Crippen LogP) is 1.41. The second kappa shape index (κ2) is 8.90. The first-order chi connectivity index (χ1) is 9.40. The molecule has 2 heterocycles. The number of hydrogen-bond donors (Lipinski definition) is 0. The van der Waals surface area contributed by atoms with Gasteiger partial charge in [-0.2, -0.15) is 0 Å². The van der Waals surface area contributed by atoms with Crippen molar-refractivity contribution in [1.29, 1.82) is 0 Å². The maximum absolute atomic E-state index is 5.45. The molecule has 0 aliphatic carbocycles. The maximum atomic E-state index is 5.45. The zero-order chi connectivity index (χ0) is 13.3. The average Bonchev–Trinajstić information content (AvgIpc) is 2.48. The van der Waals surface area contributed by atoms with E-state index in [-0.39, 0.29) is 0 Å². The van der Waals surface area contributed by atoms with Gasteiger partial charge in [0.05, 0.1) is 26.4 Å². The summed E-state index contributed by atoms with van der Waals surface area (Å²) in [5.41, 5.74) is 0. The molecule has 0 spiro atoms. The highest BCUT2D eigenvalue weighted by Crippen LogP contribution is 2.15. The van der Waals surface area contributed by atoms with Gasteiger partial charge in [0.1, 0.15) is 0 Å². The Kier molecular flexibility index (Phi) is 7.14. The van der Waals surface area contributed by atoms with Crippen LogP contribution in [0.1, 0.15) is 25.7 Å². The van der Waals surface area contributed by atoms with Gasteiger partial charge in [-0.25, -0.2) is 0 Å². The molecule has 2 saturated heterocycles. The van der Waals surface area contributed by atoms with Crippen LogP contribution in [0.5, 0.6) is 0 Å². The van der Waals surface area contributed by atoms with Crippen molar-refractivity contribution in [2.75, 3.05) is 59.2 Å². The largest absolute Gasteiger partial charge is 0.379 e. The molecule has 1 radical (unpaired) electrons. The maximum Gasteiger partial charge on any atom is 0.0594 e. The van der Waals surface area contributed by atoms with Gasteiger partial charge >= 0.3 is 0 Å². The Morgan fingerprint density at radius 1 is 0.895 bits per heavy atom. The van der Waals surface area contributed by atoms with Crippen LogP contribution < -0.4 is 0 Å². The highest BCUT2D eigenvalue weighted by Gasteiger charge is 2.20. The van der Waals surface area contributed by atoms with Crippen LogP contribution in [-0.4, -0.2) is 75.0 Å². The van der Waals surface area contributed by atoms with Crippen molar-refractivity contribution in [1.82, 2.24) is 9.80 Å². The lowest BCUT2D eigenvalue weighted by Crippen LogP contribution is -2.44. The van der Waals surface area contributed by atoms with Crippen molar-refractivity contribution in [2.45, 2.75) is 31.7 Å². The average molecular weight is 269 g/mol. The van der Waals surface area contributed by atoms with Crippen LogP contribution in [0.4, 0.5) is 0 Å². The molecule has 2 aliphatic heterocycles. The Hall–Kier alpha value is -0.160. The Labute approximate surface area is 118 Å². The molecule has 0 N–H and O–H groups in total. The summed E-state index contributed by atoms with van der Waals surface area (Å²) in [6.07, 6.45) is 4.86. The van der Waals surface area contributed by atoms with E-state index in [1.54, 1.807) is 0 Å². The molecule has 4 heteroatoms. The number of rotatable bonds is 7. The van der Waals surface area contributed by atoms with E-state index in [2.05, 4.69) is 16.7 Å². The second-order valence-electron chi connectivity index (χ2n) is 5.54. The zero-order valence-electron chi connectivity index (χ0n) is 12.2. The summed E-state index contributed by atoms with van der Waals surface area (Å²) in [4.78, 5) is 5.14. The number of hydrogen-bond acceptors (Lipinski definition) is 4. The lowest BCUT2D eigenvalue weighted by atomic mass is 10.0. The fourth-order valence-corrected chi connectivity index (χ4v) is 3.06. The van der Waals surface area contributed by atoms with Gasteiger partial charge in [-0.05, 0) is 25.8 Å². The van der Waals surface area contributed by atoms with Gasteiger partial charge in [0.2, 0.25) is 0 Å². The van der Waals surface area contributed by atoms with Gasteiger partial charge in [-0.3, -0.25) is 9.80 Å². The van der Waals surface area contributed by atoms with Crippen LogP contribution >= 0.6 is 0 Å². The molecule has 19 heavy (non-hydrogen) atoms. The van der Waals surface area contributed by atoms with Crippen molar-refractivity contribution in [3.63, 3.8) is 0 Å². The smallest absolute Gasteiger partial charge is 0.0594 e. The van der Waals surface area contributed by atoms with Gasteiger partial charge in [0, 0.05) is 32.2 Å². The Balaban J connectivity index is 1.66. The molecule has 0 saturated carbocycles. The van der Waals surface area contributed by atoms with Crippen LogP contribution in [-0.2, 0) is 9.47 Å². The van der Waals surface area contributed by atoms with Crippen LogP contribution in [0.15, 0.2) is 0 Å². The highest BCUT2D eigenvalue weighted by molar-refractivity contribution is 4.75. The van der Waals surface area contributed by atoms with E-state index in [0.29, 0.717) is 6.04 Å². The molecule has 111 valence electrons. The van der Waals surface area contributed by atoms with E-state index in [1.165, 1.54) is 25.8 Å². The molecule has 0 aromatic heterocycles. The summed E-state index contributed by atoms with van der Waals surface area (Å²) in [6.45, 7) is 13.3. The molecule has 1 unspecified atom stereocenters. The minimum atomic E-state index is 0.711. The van der Waals surface area contributed by atoms with Crippen molar-refractivity contribution >= 4 is 0 Å². The lowest BCUT2D eigenvalue weighted by molar-refractivity contribution is 0.00984. The van der Waals surface area contributed by atoms with Gasteiger partial charge in [-0.15, -0.1) is 0 Å². The predicted molar refractivity (Wildman–Crippen MR) is 77.3 cm³/mol. The van der Waals surface area contributed by atoms with E-state index in [9.17, 15) is 0 Å². The van der Waals surface area contributed by atoms with Crippen LogP contribution in [0.25, 0.3) is 0 Å². The van der Waals surface area contributed by atoms with Crippen LogP contribution in [0.2, 0.25) is 0 Å². The summed E-state index contributed by atoms with van der Waals surface area (Å²) in [5.74, 6) is 0. The van der Waals surface area contributed by atoms with Crippen LogP contribution in [0.3, 0.4) is 0 Å². The van der Waals surface area contributed by atoms with E-state index in [4.69, 9.17) is 9.47 Å². The monoisotopic (exact) mass is 269 g/mol. The number of ether oxygens (including phenoxy) is 2. The molecule has 0 aromatic carbocycles. The Morgan fingerprint density at radius 3 is 2.16 bits per heavy atom. The molecule has 0 aromatic rings. The molecule has 4 nitrogen and oxygen atoms in total. The van der Waals surface area contributed by atoms with E-state index >= 15 is 0 Å². The summed E-state index contributed by atoms with van der Waals surface area (Å²) in [6, 6.07) is 0.711. The van der Waals surface area contributed by atoms with Gasteiger partial charge in [-0.1, -0.05) is 13.3 Å². The lowest BCUT2D eigenvalue weighted by Gasteiger charge is -2.35. The van der Waals surface area contributed by atoms with Gasteiger partial charge in [0.25, 0.3) is 0 Å². The molecule has 2 rings (SSSR count). The Bertz CT molecular complexity index is 226. The summed E-state index contributed by atoms with van der Waals surface area (Å²) in [5, 5.41) is 0. The fourth-order valence-electron chi connectivity index (χ4n) is 3.06. The first-order valence-electron chi connectivity index (χ1n) is 7.81. The first-order valence-corrected chi connectivity index (χ1v) is 7.81. The normalized spacial score (nSPS) is 24.5. The summed E-state index contributed by atoms with van der Waals surface area (Å²) >= 11 is 0. The van der Waals surface area contributed by atoms with Crippen molar-refractivity contribution in [3.8, 4) is 0 Å².